The maximum atomic E-state index is 12.0. The summed E-state index contributed by atoms with van der Waals surface area (Å²) in [7, 11) is 0. The molecular weight excluding hydrogens is 324 g/mol. The van der Waals surface area contributed by atoms with Gasteiger partial charge in [0.1, 0.15) is 5.58 Å². The number of ether oxygens (including phenoxy) is 1. The van der Waals surface area contributed by atoms with Crippen molar-refractivity contribution in [2.75, 3.05) is 6.61 Å². The summed E-state index contributed by atoms with van der Waals surface area (Å²) in [5, 5.41) is 0.907. The molecule has 0 aliphatic heterocycles. The lowest BCUT2D eigenvalue weighted by molar-refractivity contribution is -0.141. The first-order chi connectivity index (χ1) is 11.6. The van der Waals surface area contributed by atoms with Crippen LogP contribution in [0.25, 0.3) is 11.0 Å². The van der Waals surface area contributed by atoms with Crippen molar-refractivity contribution < 1.29 is 18.7 Å². The van der Waals surface area contributed by atoms with Crippen LogP contribution in [-0.4, -0.2) is 18.4 Å². The highest BCUT2D eigenvalue weighted by Crippen LogP contribution is 2.23. The van der Waals surface area contributed by atoms with Crippen molar-refractivity contribution in [2.24, 2.45) is 0 Å². The van der Waals surface area contributed by atoms with E-state index in [4.69, 9.17) is 9.15 Å². The number of carbonyl (C=O) groups is 2. The number of esters is 1. The predicted molar refractivity (Wildman–Crippen MR) is 93.6 cm³/mol. The molecular formula is C19H18O4S. The third-order valence-corrected chi connectivity index (χ3v) is 4.88. The second-order valence-electron chi connectivity index (χ2n) is 5.62. The number of ketones is 1. The van der Waals surface area contributed by atoms with Crippen molar-refractivity contribution in [3.05, 3.63) is 57.5 Å². The highest BCUT2D eigenvalue weighted by atomic mass is 32.1. The van der Waals surface area contributed by atoms with Gasteiger partial charge in [-0.15, -0.1) is 11.3 Å². The second kappa shape index (κ2) is 7.01. The normalized spacial score (nSPS) is 10.9. The van der Waals surface area contributed by atoms with Crippen LogP contribution in [0.2, 0.25) is 0 Å². The average Bonchev–Trinajstić information content (AvgIpc) is 3.19. The van der Waals surface area contributed by atoms with E-state index in [1.165, 1.54) is 16.9 Å². The lowest BCUT2D eigenvalue weighted by Crippen LogP contribution is -2.14. The molecule has 0 fully saturated rings. The molecule has 2 aromatic heterocycles. The van der Waals surface area contributed by atoms with Gasteiger partial charge in [-0.25, -0.2) is 0 Å². The van der Waals surface area contributed by atoms with Crippen molar-refractivity contribution >= 4 is 34.1 Å². The van der Waals surface area contributed by atoms with E-state index in [9.17, 15) is 9.59 Å². The van der Waals surface area contributed by atoms with Crippen LogP contribution >= 0.6 is 11.3 Å². The van der Waals surface area contributed by atoms with Gasteiger partial charge in [0, 0.05) is 15.8 Å². The van der Waals surface area contributed by atoms with Gasteiger partial charge >= 0.3 is 5.97 Å². The zero-order valence-corrected chi connectivity index (χ0v) is 14.4. The van der Waals surface area contributed by atoms with Crippen molar-refractivity contribution in [1.29, 1.82) is 0 Å². The van der Waals surface area contributed by atoms with Gasteiger partial charge in [-0.2, -0.15) is 0 Å². The number of thiophene rings is 1. The molecule has 24 heavy (non-hydrogen) atoms. The first kappa shape index (κ1) is 16.5. The van der Waals surface area contributed by atoms with E-state index in [0.29, 0.717) is 4.88 Å². The number of rotatable bonds is 6. The van der Waals surface area contributed by atoms with Gasteiger partial charge in [0.15, 0.2) is 6.61 Å². The molecule has 0 unspecified atom stereocenters. The maximum Gasteiger partial charge on any atom is 0.310 e. The molecule has 0 spiro atoms. The van der Waals surface area contributed by atoms with Crippen LogP contribution in [0.3, 0.4) is 0 Å². The summed E-state index contributed by atoms with van der Waals surface area (Å²) < 4.78 is 10.6. The van der Waals surface area contributed by atoms with Gasteiger partial charge in [-0.1, -0.05) is 19.1 Å². The molecule has 0 N–H and O–H groups in total. The summed E-state index contributed by atoms with van der Waals surface area (Å²) >= 11 is 1.40. The third kappa shape index (κ3) is 3.57. The number of benzene rings is 1. The van der Waals surface area contributed by atoms with Crippen LogP contribution in [0.5, 0.6) is 0 Å². The van der Waals surface area contributed by atoms with Gasteiger partial charge in [-0.3, -0.25) is 9.59 Å². The lowest BCUT2D eigenvalue weighted by atomic mass is 10.1. The second-order valence-corrected chi connectivity index (χ2v) is 6.90. The highest BCUT2D eigenvalue weighted by Gasteiger charge is 2.15. The molecule has 3 aromatic rings. The maximum absolute atomic E-state index is 12.0. The molecule has 2 heterocycles. The molecule has 4 nitrogen and oxygen atoms in total. The topological polar surface area (TPSA) is 56.5 Å². The fourth-order valence-corrected chi connectivity index (χ4v) is 3.28. The summed E-state index contributed by atoms with van der Waals surface area (Å²) in [4.78, 5) is 25.6. The molecule has 1 aromatic carbocycles. The molecule has 124 valence electrons. The Labute approximate surface area is 144 Å². The van der Waals surface area contributed by atoms with Crippen molar-refractivity contribution in [3.63, 3.8) is 0 Å². The fourth-order valence-electron chi connectivity index (χ4n) is 2.49. The van der Waals surface area contributed by atoms with Gasteiger partial charge in [0.05, 0.1) is 17.6 Å². The molecule has 0 aliphatic carbocycles. The van der Waals surface area contributed by atoms with Crippen LogP contribution < -0.4 is 0 Å². The van der Waals surface area contributed by atoms with Crippen molar-refractivity contribution in [1.82, 2.24) is 0 Å². The highest BCUT2D eigenvalue weighted by molar-refractivity contribution is 7.14. The van der Waals surface area contributed by atoms with Gasteiger partial charge < -0.3 is 9.15 Å². The van der Waals surface area contributed by atoms with Crippen LogP contribution in [0.1, 0.15) is 32.6 Å². The number of hydrogen-bond donors (Lipinski definition) is 0. The van der Waals surface area contributed by atoms with Crippen molar-refractivity contribution in [3.8, 4) is 0 Å². The van der Waals surface area contributed by atoms with E-state index in [1.54, 1.807) is 12.3 Å². The number of Topliss-reactive ketones (excluding diaryl/α,β-unsaturated/α-hetero) is 1. The zero-order valence-electron chi connectivity index (χ0n) is 13.6. The first-order valence-corrected chi connectivity index (χ1v) is 8.62. The molecule has 0 aliphatic rings. The molecule has 0 amide bonds. The van der Waals surface area contributed by atoms with Crippen LogP contribution in [-0.2, 0) is 22.4 Å². The molecule has 3 rings (SSSR count). The number of carbonyl (C=O) groups excluding carboxylic acids is 2. The van der Waals surface area contributed by atoms with Gasteiger partial charge in [0.25, 0.3) is 0 Å². The summed E-state index contributed by atoms with van der Waals surface area (Å²) in [6.45, 7) is 3.78. The standard InChI is InChI=1S/C19H18O4S/c1-3-13-5-6-15-14(10-22-17(15)8-13)9-19(21)23-11-16(20)18-7-4-12(2)24-18/h4-8,10H,3,9,11H2,1-2H3. The van der Waals surface area contributed by atoms with E-state index in [1.807, 2.05) is 31.2 Å². The Hall–Kier alpha value is -2.40. The van der Waals surface area contributed by atoms with E-state index < -0.39 is 5.97 Å². The number of aryl methyl sites for hydroxylation is 2. The van der Waals surface area contributed by atoms with E-state index in [0.717, 1.165) is 27.8 Å². The summed E-state index contributed by atoms with van der Waals surface area (Å²) in [5.74, 6) is -0.606. The fraction of sp³-hybridized carbons (Fsp3) is 0.263. The Bertz CT molecular complexity index is 888. The molecule has 0 saturated heterocycles. The van der Waals surface area contributed by atoms with E-state index >= 15 is 0 Å². The van der Waals surface area contributed by atoms with Crippen molar-refractivity contribution in [2.45, 2.75) is 26.7 Å². The molecule has 0 bridgehead atoms. The third-order valence-electron chi connectivity index (χ3n) is 3.84. The number of hydrogen-bond acceptors (Lipinski definition) is 5. The lowest BCUT2D eigenvalue weighted by Gasteiger charge is -2.03. The molecule has 0 atom stereocenters. The van der Waals surface area contributed by atoms with Gasteiger partial charge in [-0.05, 0) is 37.1 Å². The minimum absolute atomic E-state index is 0.0925. The van der Waals surface area contributed by atoms with Crippen LogP contribution in [0, 0.1) is 6.92 Å². The molecule has 0 radical (unpaired) electrons. The van der Waals surface area contributed by atoms with Crippen LogP contribution in [0.15, 0.2) is 41.0 Å². The monoisotopic (exact) mass is 342 g/mol. The Morgan fingerprint density at radius 3 is 2.75 bits per heavy atom. The smallest absolute Gasteiger partial charge is 0.310 e. The predicted octanol–water partition coefficient (Wildman–Crippen LogP) is 4.33. The summed E-state index contributed by atoms with van der Waals surface area (Å²) in [6.07, 6.45) is 2.60. The minimum Gasteiger partial charge on any atom is -0.464 e. The summed E-state index contributed by atoms with van der Waals surface area (Å²) in [6, 6.07) is 9.59. The zero-order chi connectivity index (χ0) is 17.1. The Balaban J connectivity index is 1.62. The largest absolute Gasteiger partial charge is 0.464 e. The van der Waals surface area contributed by atoms with E-state index in [-0.39, 0.29) is 18.8 Å². The quantitative estimate of drug-likeness (QED) is 0.494. The van der Waals surface area contributed by atoms with Gasteiger partial charge in [0.2, 0.25) is 5.78 Å². The Morgan fingerprint density at radius 2 is 2.04 bits per heavy atom. The minimum atomic E-state index is -0.432. The molecule has 0 saturated carbocycles. The average molecular weight is 342 g/mol. The van der Waals surface area contributed by atoms with E-state index in [2.05, 4.69) is 6.92 Å². The Morgan fingerprint density at radius 1 is 1.21 bits per heavy atom. The summed E-state index contributed by atoms with van der Waals surface area (Å²) in [5.41, 5.74) is 2.72. The SMILES string of the molecule is CCc1ccc2c(CC(=O)OCC(=O)c3ccc(C)s3)coc2c1. The molecule has 5 heteroatoms. The first-order valence-electron chi connectivity index (χ1n) is 7.81. The Kier molecular flexibility index (Phi) is 4.81. The number of furan rings is 1. The number of fused-ring (bicyclic) bond motifs is 1. The van der Waals surface area contributed by atoms with Crippen LogP contribution in [0.4, 0.5) is 0 Å².